The summed E-state index contributed by atoms with van der Waals surface area (Å²) in [5, 5.41) is 0. The topological polar surface area (TPSA) is 7.45 Å². The van der Waals surface area contributed by atoms with Crippen molar-refractivity contribution in [2.45, 2.75) is 38.5 Å². The normalized spacial score (nSPS) is 17.8. The van der Waals surface area contributed by atoms with E-state index in [9.17, 15) is 8.78 Å². The summed E-state index contributed by atoms with van der Waals surface area (Å²) in [5.41, 5.74) is 3.60. The van der Waals surface area contributed by atoms with Crippen molar-refractivity contribution in [3.63, 3.8) is 0 Å². The lowest BCUT2D eigenvalue weighted by Crippen LogP contribution is -3.00. The summed E-state index contributed by atoms with van der Waals surface area (Å²) in [5.74, 6) is -15.7. The van der Waals surface area contributed by atoms with Crippen molar-refractivity contribution in [2.24, 2.45) is 0 Å². The Labute approximate surface area is 290 Å². The van der Waals surface area contributed by atoms with Crippen LogP contribution in [-0.4, -0.2) is 56.2 Å². The van der Waals surface area contributed by atoms with Crippen LogP contribution < -0.4 is 4.90 Å². The van der Waals surface area contributed by atoms with Crippen molar-refractivity contribution in [1.82, 2.24) is 0 Å². The van der Waals surface area contributed by atoms with Crippen molar-refractivity contribution in [1.29, 1.82) is 0 Å². The molecule has 0 fully saturated rings. The number of quaternary nitrogens is 1. The zero-order valence-corrected chi connectivity index (χ0v) is 29.7. The van der Waals surface area contributed by atoms with E-state index in [0.29, 0.717) is 15.3 Å². The van der Waals surface area contributed by atoms with E-state index in [1.807, 2.05) is 55.1 Å². The van der Waals surface area contributed by atoms with Crippen LogP contribution in [0.15, 0.2) is 90.5 Å². The first-order valence-corrected chi connectivity index (χ1v) is 17.3. The fraction of sp³-hybridized carbons (Fsp3) is 0.256. The molecule has 2 aromatic carbocycles. The predicted molar refractivity (Wildman–Crippen MR) is 190 cm³/mol. The summed E-state index contributed by atoms with van der Waals surface area (Å²) in [4.78, 5) is 2.80. The van der Waals surface area contributed by atoms with Gasteiger partial charge in [0, 0.05) is 42.8 Å². The SMILES string of the molecule is Cc1cc(C2=C(c3cc(-c4ccc(C(=C5C=CC(=[N+](C)C)C=C5)c5ccc([NH+](C)C)cc5)cc4)sc3C)C(F)(F)C(F)(F)C2(F)F)c(C)s1. The van der Waals surface area contributed by atoms with Gasteiger partial charge in [0.15, 0.2) is 5.71 Å². The number of hydrogen-bond acceptors (Lipinski definition) is 2. The molecule has 0 amide bonds. The first kappa shape index (κ1) is 34.9. The van der Waals surface area contributed by atoms with Crippen molar-refractivity contribution in [3.8, 4) is 10.4 Å². The highest BCUT2D eigenvalue weighted by molar-refractivity contribution is 7.15. The molecule has 2 heterocycles. The maximum absolute atomic E-state index is 15.5. The van der Waals surface area contributed by atoms with Gasteiger partial charge in [-0.3, -0.25) is 0 Å². The summed E-state index contributed by atoms with van der Waals surface area (Å²) in [7, 11) is 8.07. The average Bonchev–Trinajstić information content (AvgIpc) is 3.62. The lowest BCUT2D eigenvalue weighted by molar-refractivity contribution is -0.786. The second kappa shape index (κ2) is 12.4. The third-order valence-corrected chi connectivity index (χ3v) is 11.1. The Morgan fingerprint density at radius 1 is 0.653 bits per heavy atom. The van der Waals surface area contributed by atoms with Crippen LogP contribution >= 0.6 is 22.7 Å². The molecule has 2 aliphatic carbocycles. The van der Waals surface area contributed by atoms with Gasteiger partial charge in [0.1, 0.15) is 19.8 Å². The van der Waals surface area contributed by atoms with Gasteiger partial charge in [-0.25, -0.2) is 4.58 Å². The Morgan fingerprint density at radius 2 is 1.14 bits per heavy atom. The Kier molecular flexibility index (Phi) is 8.83. The molecule has 0 atom stereocenters. The monoisotopic (exact) mass is 710 g/mol. The third kappa shape index (κ3) is 5.77. The molecular weight excluding hydrogens is 675 g/mol. The molecule has 49 heavy (non-hydrogen) atoms. The van der Waals surface area contributed by atoms with Crippen molar-refractivity contribution in [3.05, 3.63) is 127 Å². The van der Waals surface area contributed by atoms with Crippen LogP contribution in [0.25, 0.3) is 27.2 Å². The van der Waals surface area contributed by atoms with E-state index >= 15 is 17.6 Å². The fourth-order valence-corrected chi connectivity index (χ4v) is 8.34. The second-order valence-electron chi connectivity index (χ2n) is 12.9. The first-order valence-electron chi connectivity index (χ1n) is 15.7. The number of thiophene rings is 2. The van der Waals surface area contributed by atoms with Gasteiger partial charge in [-0.1, -0.05) is 24.3 Å². The van der Waals surface area contributed by atoms with E-state index in [1.54, 1.807) is 6.92 Å². The highest BCUT2D eigenvalue weighted by atomic mass is 32.1. The molecule has 254 valence electrons. The molecule has 10 heteroatoms. The number of aryl methyl sites for hydroxylation is 3. The smallest absolute Gasteiger partial charge is 0.307 e. The Bertz CT molecular complexity index is 2080. The van der Waals surface area contributed by atoms with Crippen LogP contribution in [0.2, 0.25) is 0 Å². The Balaban J connectivity index is 1.45. The molecule has 0 bridgehead atoms. The summed E-state index contributed by atoms with van der Waals surface area (Å²) in [6, 6.07) is 18.5. The average molecular weight is 711 g/mol. The van der Waals surface area contributed by atoms with Gasteiger partial charge in [0.2, 0.25) is 0 Å². The van der Waals surface area contributed by atoms with Crippen molar-refractivity contribution < 1.29 is 35.8 Å². The lowest BCUT2D eigenvalue weighted by Gasteiger charge is -2.25. The number of rotatable bonds is 6. The number of halogens is 6. The minimum Gasteiger partial charge on any atom is -0.307 e. The van der Waals surface area contributed by atoms with Gasteiger partial charge in [-0.2, -0.15) is 26.3 Å². The van der Waals surface area contributed by atoms with Crippen LogP contribution in [-0.2, 0) is 0 Å². The third-order valence-electron chi connectivity index (χ3n) is 9.05. The molecule has 0 radical (unpaired) electrons. The minimum atomic E-state index is -5.59. The van der Waals surface area contributed by atoms with E-state index in [0.717, 1.165) is 56.3 Å². The van der Waals surface area contributed by atoms with E-state index < -0.39 is 28.9 Å². The van der Waals surface area contributed by atoms with Gasteiger partial charge in [0.25, 0.3) is 0 Å². The number of alkyl halides is 6. The molecule has 1 N–H and O–H groups in total. The molecule has 0 saturated carbocycles. The summed E-state index contributed by atoms with van der Waals surface area (Å²) in [6.07, 6.45) is 8.22. The number of nitrogens with one attached hydrogen (secondary N) is 1. The van der Waals surface area contributed by atoms with E-state index in [4.69, 9.17) is 0 Å². The maximum Gasteiger partial charge on any atom is 0.380 e. The van der Waals surface area contributed by atoms with Gasteiger partial charge in [-0.05, 0) is 108 Å². The predicted octanol–water partition coefficient (Wildman–Crippen LogP) is 9.65. The highest BCUT2D eigenvalue weighted by Crippen LogP contribution is 2.66. The molecule has 0 saturated heterocycles. The number of benzene rings is 2. The summed E-state index contributed by atoms with van der Waals surface area (Å²) >= 11 is 2.21. The quantitative estimate of drug-likeness (QED) is 0.151. The molecule has 2 aromatic heterocycles. The van der Waals surface area contributed by atoms with Gasteiger partial charge in [-0.15, -0.1) is 22.7 Å². The van der Waals surface area contributed by atoms with Crippen LogP contribution in [0, 0.1) is 20.8 Å². The zero-order valence-electron chi connectivity index (χ0n) is 28.1. The molecule has 2 aliphatic rings. The van der Waals surface area contributed by atoms with Gasteiger partial charge >= 0.3 is 17.8 Å². The number of allylic oxidation sites excluding steroid dienone is 7. The van der Waals surface area contributed by atoms with Crippen LogP contribution in [0.3, 0.4) is 0 Å². The maximum atomic E-state index is 15.5. The molecule has 2 nitrogen and oxygen atoms in total. The Morgan fingerprint density at radius 3 is 1.61 bits per heavy atom. The fourth-order valence-electron chi connectivity index (χ4n) is 6.38. The largest absolute Gasteiger partial charge is 0.380 e. The minimum absolute atomic E-state index is 0.251. The number of nitrogens with zero attached hydrogens (tertiary/aromatic N) is 1. The zero-order chi connectivity index (χ0) is 35.6. The van der Waals surface area contributed by atoms with Crippen LogP contribution in [0.5, 0.6) is 0 Å². The van der Waals surface area contributed by atoms with E-state index in [1.165, 1.54) is 30.9 Å². The van der Waals surface area contributed by atoms with E-state index in [-0.39, 0.29) is 20.9 Å². The highest BCUT2D eigenvalue weighted by Gasteiger charge is 2.80. The molecular formula is C39H36F6N2S2+2. The number of hydrogen-bond donors (Lipinski definition) is 1. The van der Waals surface area contributed by atoms with E-state index in [2.05, 4.69) is 50.5 Å². The van der Waals surface area contributed by atoms with Crippen LogP contribution in [0.1, 0.15) is 36.9 Å². The molecule has 0 spiro atoms. The molecule has 4 aromatic rings. The lowest BCUT2D eigenvalue weighted by atomic mass is 9.90. The standard InChI is InChI=1S/C39H35F6N2S2/c1-22-20-31(23(2)48-22)35-36(38(42,43)39(44,45)37(35,40)41)32-21-33(49-24(32)3)25-8-10-26(11-9-25)34(27-12-16-29(17-13-27)46(4)5)28-14-18-30(19-15-28)47(6)7/h8-21H,1-7H3/q+1/p+1. The molecule has 0 aliphatic heterocycles. The molecule has 6 rings (SSSR count). The molecule has 0 unspecified atom stereocenters. The van der Waals surface area contributed by atoms with Gasteiger partial charge in [0.05, 0.1) is 14.1 Å². The first-order chi connectivity index (χ1) is 23.0. The Hall–Kier alpha value is -3.99. The summed E-state index contributed by atoms with van der Waals surface area (Å²) in [6.45, 7) is 4.61. The van der Waals surface area contributed by atoms with Crippen LogP contribution in [0.4, 0.5) is 32.0 Å². The summed E-state index contributed by atoms with van der Waals surface area (Å²) < 4.78 is 93.8. The second-order valence-corrected chi connectivity index (χ2v) is 15.6. The van der Waals surface area contributed by atoms with Crippen molar-refractivity contribution >= 4 is 50.8 Å². The van der Waals surface area contributed by atoms with Gasteiger partial charge < -0.3 is 4.90 Å². The van der Waals surface area contributed by atoms with Crippen molar-refractivity contribution in [2.75, 3.05) is 28.2 Å².